The summed E-state index contributed by atoms with van der Waals surface area (Å²) in [7, 11) is 1.65. The number of carbonyl (C=O) groups is 1. The summed E-state index contributed by atoms with van der Waals surface area (Å²) in [4.78, 5) is 10.3. The Hall–Kier alpha value is -1.06. The van der Waals surface area contributed by atoms with Crippen molar-refractivity contribution in [1.29, 1.82) is 0 Å². The zero-order valence-corrected chi connectivity index (χ0v) is 11.4. The van der Waals surface area contributed by atoms with Crippen LogP contribution in [-0.4, -0.2) is 19.9 Å². The Bertz CT molecular complexity index is 430. The maximum absolute atomic E-state index is 10.3. The Kier molecular flexibility index (Phi) is 4.97. The monoisotopic (exact) mass is 255 g/mol. The lowest BCUT2D eigenvalue weighted by atomic mass is 9.98. The quantitative estimate of drug-likeness (QED) is 0.649. The highest BCUT2D eigenvalue weighted by atomic mass is 35.5. The van der Waals surface area contributed by atoms with E-state index in [1.165, 1.54) is 0 Å². The van der Waals surface area contributed by atoms with E-state index in [0.717, 1.165) is 39.3 Å². The molecule has 0 radical (unpaired) electrons. The molecule has 0 aliphatic carbocycles. The number of hydrogen-bond acceptors (Lipinski definition) is 3. The van der Waals surface area contributed by atoms with Gasteiger partial charge in [0.2, 0.25) is 0 Å². The van der Waals surface area contributed by atoms with E-state index >= 15 is 0 Å². The van der Waals surface area contributed by atoms with Crippen LogP contribution in [0.15, 0.2) is 0 Å². The van der Waals surface area contributed by atoms with Gasteiger partial charge in [0.25, 0.3) is 0 Å². The van der Waals surface area contributed by atoms with E-state index in [4.69, 9.17) is 16.3 Å². The van der Waals surface area contributed by atoms with Crippen molar-refractivity contribution in [1.82, 2.24) is 5.32 Å². The molecule has 0 aliphatic heterocycles. The van der Waals surface area contributed by atoms with Crippen molar-refractivity contribution in [2.75, 3.05) is 13.7 Å². The molecule has 0 saturated carbocycles. The molecular weight excluding hydrogens is 238 g/mol. The van der Waals surface area contributed by atoms with Crippen LogP contribution in [0, 0.1) is 20.8 Å². The van der Waals surface area contributed by atoms with Gasteiger partial charge in [-0.15, -0.1) is 0 Å². The second-order valence-electron chi connectivity index (χ2n) is 4.00. The minimum Gasteiger partial charge on any atom is -0.496 e. The molecule has 3 nitrogen and oxygen atoms in total. The van der Waals surface area contributed by atoms with Crippen molar-refractivity contribution in [3.8, 4) is 5.75 Å². The third-order valence-electron chi connectivity index (χ3n) is 3.02. The summed E-state index contributed by atoms with van der Waals surface area (Å²) in [6.45, 7) is 6.84. The fourth-order valence-corrected chi connectivity index (χ4v) is 2.15. The van der Waals surface area contributed by atoms with Gasteiger partial charge in [0.05, 0.1) is 13.7 Å². The summed E-state index contributed by atoms with van der Waals surface area (Å²) in [6, 6.07) is 0. The van der Waals surface area contributed by atoms with Crippen LogP contribution in [0.3, 0.4) is 0 Å². The predicted molar refractivity (Wildman–Crippen MR) is 70.0 cm³/mol. The van der Waals surface area contributed by atoms with E-state index in [1.54, 1.807) is 7.11 Å². The molecule has 4 heteroatoms. The van der Waals surface area contributed by atoms with Crippen molar-refractivity contribution in [2.24, 2.45) is 0 Å². The van der Waals surface area contributed by atoms with E-state index in [2.05, 4.69) is 5.32 Å². The van der Waals surface area contributed by atoms with Crippen molar-refractivity contribution in [3.63, 3.8) is 0 Å². The Labute approximate surface area is 107 Å². The Morgan fingerprint density at radius 1 is 1.24 bits per heavy atom. The summed E-state index contributed by atoms with van der Waals surface area (Å²) in [6.07, 6.45) is 0.838. The van der Waals surface area contributed by atoms with Gasteiger partial charge in [-0.25, -0.2) is 0 Å². The zero-order valence-electron chi connectivity index (χ0n) is 10.7. The predicted octanol–water partition coefficient (Wildman–Crippen LogP) is 2.56. The number of nitrogens with one attached hydrogen (secondary N) is 1. The highest BCUT2D eigenvalue weighted by molar-refractivity contribution is 6.32. The Balaban J connectivity index is 3.21. The molecular formula is C13H18ClNO2. The highest BCUT2D eigenvalue weighted by Gasteiger charge is 2.16. The molecule has 1 aromatic rings. The standard InChI is InChI=1S/C13H18ClNO2/c1-8-9(2)13(17-4)11(7-15-5-6-16)10(3)12(8)14/h6,15H,5,7H2,1-4H3. The van der Waals surface area contributed by atoms with E-state index < -0.39 is 0 Å². The van der Waals surface area contributed by atoms with Crippen molar-refractivity contribution >= 4 is 17.9 Å². The second-order valence-corrected chi connectivity index (χ2v) is 4.38. The van der Waals surface area contributed by atoms with Crippen LogP contribution in [0.4, 0.5) is 0 Å². The van der Waals surface area contributed by atoms with Crippen molar-refractivity contribution < 1.29 is 9.53 Å². The number of methoxy groups -OCH3 is 1. The first kappa shape index (κ1) is 14.0. The summed E-state index contributed by atoms with van der Waals surface area (Å²) in [5, 5.41) is 3.80. The van der Waals surface area contributed by atoms with Gasteiger partial charge in [0.1, 0.15) is 12.0 Å². The molecule has 0 amide bonds. The van der Waals surface area contributed by atoms with Gasteiger partial charge >= 0.3 is 0 Å². The molecule has 1 aromatic carbocycles. The maximum Gasteiger partial charge on any atom is 0.133 e. The molecule has 0 atom stereocenters. The zero-order chi connectivity index (χ0) is 13.0. The summed E-state index contributed by atoms with van der Waals surface area (Å²) in [5.74, 6) is 0.850. The van der Waals surface area contributed by atoms with Gasteiger partial charge < -0.3 is 14.8 Å². The summed E-state index contributed by atoms with van der Waals surface area (Å²) < 4.78 is 5.44. The molecule has 1 N–H and O–H groups in total. The molecule has 0 aliphatic rings. The smallest absolute Gasteiger partial charge is 0.133 e. The van der Waals surface area contributed by atoms with Gasteiger partial charge in [-0.05, 0) is 37.5 Å². The fourth-order valence-electron chi connectivity index (χ4n) is 1.89. The number of halogens is 1. The average Bonchev–Trinajstić information content (AvgIpc) is 2.33. The molecule has 0 unspecified atom stereocenters. The van der Waals surface area contributed by atoms with E-state index in [1.807, 2.05) is 20.8 Å². The lowest BCUT2D eigenvalue weighted by Crippen LogP contribution is -2.17. The van der Waals surface area contributed by atoms with Crippen molar-refractivity contribution in [3.05, 3.63) is 27.3 Å². The van der Waals surface area contributed by atoms with Crippen LogP contribution in [0.5, 0.6) is 5.75 Å². The normalized spacial score (nSPS) is 10.4. The molecule has 1 rings (SSSR count). The largest absolute Gasteiger partial charge is 0.496 e. The fraction of sp³-hybridized carbons (Fsp3) is 0.462. The first-order valence-corrected chi connectivity index (χ1v) is 5.88. The van der Waals surface area contributed by atoms with E-state index in [-0.39, 0.29) is 0 Å². The van der Waals surface area contributed by atoms with E-state index in [0.29, 0.717) is 13.1 Å². The molecule has 0 bridgehead atoms. The number of benzene rings is 1. The Morgan fingerprint density at radius 2 is 1.88 bits per heavy atom. The van der Waals surface area contributed by atoms with Crippen LogP contribution in [0.2, 0.25) is 5.02 Å². The van der Waals surface area contributed by atoms with Crippen LogP contribution in [-0.2, 0) is 11.3 Å². The lowest BCUT2D eigenvalue weighted by molar-refractivity contribution is -0.107. The number of carbonyl (C=O) groups excluding carboxylic acids is 1. The van der Waals surface area contributed by atoms with Gasteiger partial charge in [-0.2, -0.15) is 0 Å². The van der Waals surface area contributed by atoms with Gasteiger partial charge in [0, 0.05) is 17.1 Å². The first-order chi connectivity index (χ1) is 8.04. The molecule has 0 spiro atoms. The maximum atomic E-state index is 10.3. The minimum atomic E-state index is 0.327. The summed E-state index contributed by atoms with van der Waals surface area (Å²) >= 11 is 6.28. The SMILES string of the molecule is COc1c(C)c(C)c(Cl)c(C)c1CNCC=O. The number of rotatable bonds is 5. The molecule has 0 fully saturated rings. The number of ether oxygens (including phenoxy) is 1. The third-order valence-corrected chi connectivity index (χ3v) is 3.59. The van der Waals surface area contributed by atoms with Crippen molar-refractivity contribution in [2.45, 2.75) is 27.3 Å². The average molecular weight is 256 g/mol. The lowest BCUT2D eigenvalue weighted by Gasteiger charge is -2.18. The molecule has 0 heterocycles. The minimum absolute atomic E-state index is 0.327. The second kappa shape index (κ2) is 6.03. The van der Waals surface area contributed by atoms with Gasteiger partial charge in [0.15, 0.2) is 0 Å². The number of aldehydes is 1. The van der Waals surface area contributed by atoms with Crippen LogP contribution < -0.4 is 10.1 Å². The third kappa shape index (κ3) is 2.79. The molecule has 0 saturated heterocycles. The first-order valence-electron chi connectivity index (χ1n) is 5.51. The topological polar surface area (TPSA) is 38.3 Å². The Morgan fingerprint density at radius 3 is 2.41 bits per heavy atom. The molecule has 0 aromatic heterocycles. The van der Waals surface area contributed by atoms with Crippen LogP contribution in [0.25, 0.3) is 0 Å². The van der Waals surface area contributed by atoms with Crippen LogP contribution >= 0.6 is 11.6 Å². The molecule has 17 heavy (non-hydrogen) atoms. The highest BCUT2D eigenvalue weighted by Crippen LogP contribution is 2.35. The molecule has 94 valence electrons. The van der Waals surface area contributed by atoms with Gasteiger partial charge in [-0.1, -0.05) is 11.6 Å². The van der Waals surface area contributed by atoms with Gasteiger partial charge in [-0.3, -0.25) is 0 Å². The summed E-state index contributed by atoms with van der Waals surface area (Å²) in [5.41, 5.74) is 4.11. The van der Waals surface area contributed by atoms with E-state index in [9.17, 15) is 4.79 Å². The van der Waals surface area contributed by atoms with Crippen LogP contribution in [0.1, 0.15) is 22.3 Å². The number of hydrogen-bond donors (Lipinski definition) is 1.